The van der Waals surface area contributed by atoms with Crippen LogP contribution in [0.1, 0.15) is 37.3 Å². The molecule has 0 aliphatic rings. The Hall–Kier alpha value is -0.650. The molecule has 1 aromatic carbocycles. The monoisotopic (exact) mass is 253 g/mol. The van der Waals surface area contributed by atoms with Crippen LogP contribution in [-0.4, -0.2) is 5.75 Å². The van der Waals surface area contributed by atoms with Crippen LogP contribution in [0.2, 0.25) is 5.02 Å². The Morgan fingerprint density at radius 3 is 2.81 bits per heavy atom. The van der Waals surface area contributed by atoms with Crippen molar-refractivity contribution in [3.05, 3.63) is 34.3 Å². The molecule has 0 radical (unpaired) electrons. The second-order valence-corrected chi connectivity index (χ2v) is 5.19. The second-order valence-electron chi connectivity index (χ2n) is 3.68. The number of thioether (sulfide) groups is 1. The van der Waals surface area contributed by atoms with E-state index in [4.69, 9.17) is 16.9 Å². The number of hydrogen-bond donors (Lipinski definition) is 0. The van der Waals surface area contributed by atoms with E-state index in [1.165, 1.54) is 25.0 Å². The van der Waals surface area contributed by atoms with Crippen molar-refractivity contribution in [2.24, 2.45) is 0 Å². The summed E-state index contributed by atoms with van der Waals surface area (Å²) in [7, 11) is 0. The molecule has 0 saturated heterocycles. The van der Waals surface area contributed by atoms with Crippen LogP contribution in [0.25, 0.3) is 0 Å². The molecule has 0 heterocycles. The van der Waals surface area contributed by atoms with Crippen LogP contribution in [0.15, 0.2) is 18.2 Å². The average Bonchev–Trinajstić information content (AvgIpc) is 2.30. The molecule has 0 bridgehead atoms. The molecule has 86 valence electrons. The zero-order valence-corrected chi connectivity index (χ0v) is 11.1. The number of nitrogens with zero attached hydrogens (tertiary/aromatic N) is 1. The van der Waals surface area contributed by atoms with Crippen molar-refractivity contribution in [3.8, 4) is 6.07 Å². The van der Waals surface area contributed by atoms with Crippen molar-refractivity contribution in [2.45, 2.75) is 31.9 Å². The van der Waals surface area contributed by atoms with Gasteiger partial charge in [-0.2, -0.15) is 17.0 Å². The van der Waals surface area contributed by atoms with Crippen LogP contribution in [0, 0.1) is 11.3 Å². The Balaban J connectivity index is 2.40. The topological polar surface area (TPSA) is 23.8 Å². The second kappa shape index (κ2) is 7.60. The molecule has 1 rings (SSSR count). The zero-order valence-electron chi connectivity index (χ0n) is 9.50. The smallest absolute Gasteiger partial charge is 0.0992 e. The molecule has 1 aromatic rings. The highest BCUT2D eigenvalue weighted by atomic mass is 35.5. The summed E-state index contributed by atoms with van der Waals surface area (Å²) < 4.78 is 0. The third-order valence-corrected chi connectivity index (χ3v) is 3.78. The Morgan fingerprint density at radius 1 is 1.38 bits per heavy atom. The lowest BCUT2D eigenvalue weighted by molar-refractivity contribution is 0.778. The molecule has 0 atom stereocenters. The lowest BCUT2D eigenvalue weighted by Crippen LogP contribution is -1.86. The summed E-state index contributed by atoms with van der Waals surface area (Å²) in [6, 6.07) is 7.61. The van der Waals surface area contributed by atoms with Gasteiger partial charge in [0.25, 0.3) is 0 Å². The van der Waals surface area contributed by atoms with Crippen molar-refractivity contribution in [1.29, 1.82) is 5.26 Å². The summed E-state index contributed by atoms with van der Waals surface area (Å²) in [5.41, 5.74) is 1.76. The third kappa shape index (κ3) is 4.47. The Kier molecular flexibility index (Phi) is 6.37. The standard InChI is InChI=1S/C13H16ClNS/c1-2-3-4-7-16-10-12-6-5-11(9-15)8-13(12)14/h5-6,8H,2-4,7,10H2,1H3. The molecule has 3 heteroatoms. The van der Waals surface area contributed by atoms with Gasteiger partial charge in [0, 0.05) is 10.8 Å². The molecule has 0 saturated carbocycles. The van der Waals surface area contributed by atoms with E-state index in [9.17, 15) is 0 Å². The highest BCUT2D eigenvalue weighted by Gasteiger charge is 2.01. The van der Waals surface area contributed by atoms with Gasteiger partial charge in [0.05, 0.1) is 11.6 Å². The Bertz CT molecular complexity index is 371. The van der Waals surface area contributed by atoms with Gasteiger partial charge in [0.15, 0.2) is 0 Å². The first-order valence-corrected chi connectivity index (χ1v) is 7.07. The molecule has 0 aliphatic carbocycles. The Labute approximate surface area is 107 Å². The summed E-state index contributed by atoms with van der Waals surface area (Å²) in [6.07, 6.45) is 3.83. The highest BCUT2D eigenvalue weighted by molar-refractivity contribution is 7.98. The number of unbranched alkanes of at least 4 members (excludes halogenated alkanes) is 2. The summed E-state index contributed by atoms with van der Waals surface area (Å²) in [6.45, 7) is 2.21. The van der Waals surface area contributed by atoms with E-state index in [2.05, 4.69) is 13.0 Å². The van der Waals surface area contributed by atoms with Gasteiger partial charge < -0.3 is 0 Å². The van der Waals surface area contributed by atoms with E-state index < -0.39 is 0 Å². The molecule has 16 heavy (non-hydrogen) atoms. The fourth-order valence-electron chi connectivity index (χ4n) is 1.37. The first-order valence-electron chi connectivity index (χ1n) is 5.54. The Morgan fingerprint density at radius 2 is 2.19 bits per heavy atom. The molecule has 0 amide bonds. The minimum atomic E-state index is 0.629. The van der Waals surface area contributed by atoms with Crippen LogP contribution in [0.4, 0.5) is 0 Å². The van der Waals surface area contributed by atoms with Crippen LogP contribution in [-0.2, 0) is 5.75 Å². The van der Waals surface area contributed by atoms with Crippen LogP contribution < -0.4 is 0 Å². The van der Waals surface area contributed by atoms with Gasteiger partial charge in [-0.25, -0.2) is 0 Å². The van der Waals surface area contributed by atoms with E-state index in [1.807, 2.05) is 23.9 Å². The van der Waals surface area contributed by atoms with Gasteiger partial charge in [-0.1, -0.05) is 37.4 Å². The fourth-order valence-corrected chi connectivity index (χ4v) is 2.72. The molecule has 0 unspecified atom stereocenters. The summed E-state index contributed by atoms with van der Waals surface area (Å²) in [5, 5.41) is 9.42. The van der Waals surface area contributed by atoms with Crippen molar-refractivity contribution >= 4 is 23.4 Å². The van der Waals surface area contributed by atoms with Crippen molar-refractivity contribution in [2.75, 3.05) is 5.75 Å². The molecular formula is C13H16ClNS. The quantitative estimate of drug-likeness (QED) is 0.690. The van der Waals surface area contributed by atoms with Crippen LogP contribution in [0.3, 0.4) is 0 Å². The van der Waals surface area contributed by atoms with E-state index in [0.717, 1.165) is 11.3 Å². The van der Waals surface area contributed by atoms with E-state index in [-0.39, 0.29) is 0 Å². The van der Waals surface area contributed by atoms with Gasteiger partial charge in [-0.3, -0.25) is 0 Å². The van der Waals surface area contributed by atoms with E-state index in [0.29, 0.717) is 10.6 Å². The van der Waals surface area contributed by atoms with Crippen molar-refractivity contribution in [1.82, 2.24) is 0 Å². The van der Waals surface area contributed by atoms with Gasteiger partial charge in [0.2, 0.25) is 0 Å². The van der Waals surface area contributed by atoms with Crippen molar-refractivity contribution < 1.29 is 0 Å². The van der Waals surface area contributed by atoms with Gasteiger partial charge >= 0.3 is 0 Å². The summed E-state index contributed by atoms with van der Waals surface area (Å²) in [4.78, 5) is 0. The van der Waals surface area contributed by atoms with E-state index >= 15 is 0 Å². The minimum absolute atomic E-state index is 0.629. The highest BCUT2D eigenvalue weighted by Crippen LogP contribution is 2.23. The molecular weight excluding hydrogens is 238 g/mol. The van der Waals surface area contributed by atoms with E-state index in [1.54, 1.807) is 6.07 Å². The average molecular weight is 254 g/mol. The third-order valence-electron chi connectivity index (χ3n) is 2.33. The molecule has 0 fully saturated rings. The molecule has 1 nitrogen and oxygen atoms in total. The first kappa shape index (κ1) is 13.4. The van der Waals surface area contributed by atoms with Gasteiger partial charge in [-0.15, -0.1) is 0 Å². The maximum atomic E-state index is 8.71. The number of rotatable bonds is 6. The lowest BCUT2D eigenvalue weighted by Gasteiger charge is -2.04. The predicted molar refractivity (Wildman–Crippen MR) is 71.9 cm³/mol. The number of benzene rings is 1. The predicted octanol–water partition coefficient (Wildman–Crippen LogP) is 4.64. The van der Waals surface area contributed by atoms with Crippen LogP contribution in [0.5, 0.6) is 0 Å². The summed E-state index contributed by atoms with van der Waals surface area (Å²) in [5.74, 6) is 2.12. The SMILES string of the molecule is CCCCCSCc1ccc(C#N)cc1Cl. The normalized spacial score (nSPS) is 10.1. The number of hydrogen-bond acceptors (Lipinski definition) is 2. The minimum Gasteiger partial charge on any atom is -0.192 e. The molecule has 0 spiro atoms. The maximum Gasteiger partial charge on any atom is 0.0992 e. The maximum absolute atomic E-state index is 8.71. The largest absolute Gasteiger partial charge is 0.192 e. The molecule has 0 aliphatic heterocycles. The fraction of sp³-hybridized carbons (Fsp3) is 0.462. The van der Waals surface area contributed by atoms with Crippen molar-refractivity contribution in [3.63, 3.8) is 0 Å². The first-order chi connectivity index (χ1) is 7.77. The van der Waals surface area contributed by atoms with Gasteiger partial charge in [-0.05, 0) is 29.9 Å². The summed E-state index contributed by atoms with van der Waals surface area (Å²) >= 11 is 7.99. The number of halogens is 1. The molecule has 0 aromatic heterocycles. The van der Waals surface area contributed by atoms with Gasteiger partial charge in [0.1, 0.15) is 0 Å². The molecule has 0 N–H and O–H groups in total. The van der Waals surface area contributed by atoms with Crippen LogP contribution >= 0.6 is 23.4 Å². The lowest BCUT2D eigenvalue weighted by atomic mass is 10.2. The number of nitriles is 1. The zero-order chi connectivity index (χ0) is 11.8.